The fourth-order valence-electron chi connectivity index (χ4n) is 2.18. The smallest absolute Gasteiger partial charge is 0.111 e. The molecule has 1 aliphatic rings. The maximum Gasteiger partial charge on any atom is 0.111 e. The van der Waals surface area contributed by atoms with E-state index in [4.69, 9.17) is 5.26 Å². The van der Waals surface area contributed by atoms with Crippen LogP contribution in [-0.2, 0) is 0 Å². The second-order valence-electron chi connectivity index (χ2n) is 4.16. The predicted octanol–water partition coefficient (Wildman–Crippen LogP) is 1.51. The second-order valence-corrected chi connectivity index (χ2v) is 4.16. The van der Waals surface area contributed by atoms with Crippen LogP contribution >= 0.6 is 0 Å². The molecule has 2 aromatic rings. The van der Waals surface area contributed by atoms with Gasteiger partial charge in [-0.3, -0.25) is 0 Å². The van der Waals surface area contributed by atoms with Gasteiger partial charge in [0.1, 0.15) is 5.82 Å². The van der Waals surface area contributed by atoms with Crippen molar-refractivity contribution in [2.24, 2.45) is 0 Å². The Morgan fingerprint density at radius 2 is 2.38 bits per heavy atom. The summed E-state index contributed by atoms with van der Waals surface area (Å²) in [6.45, 7) is 2.05. The van der Waals surface area contributed by atoms with Gasteiger partial charge in [-0.25, -0.2) is 4.98 Å². The van der Waals surface area contributed by atoms with E-state index in [1.165, 1.54) is 0 Å². The zero-order valence-electron chi connectivity index (χ0n) is 8.83. The minimum atomic E-state index is 0.484. The van der Waals surface area contributed by atoms with Gasteiger partial charge in [-0.05, 0) is 31.2 Å². The van der Waals surface area contributed by atoms with E-state index >= 15 is 0 Å². The molecule has 0 aliphatic carbocycles. The van der Waals surface area contributed by atoms with Crippen molar-refractivity contribution in [3.8, 4) is 6.07 Å². The van der Waals surface area contributed by atoms with Crippen molar-refractivity contribution in [3.63, 3.8) is 0 Å². The highest BCUT2D eigenvalue weighted by atomic mass is 15.0. The third kappa shape index (κ3) is 1.46. The van der Waals surface area contributed by atoms with Crippen molar-refractivity contribution >= 4 is 11.0 Å². The van der Waals surface area contributed by atoms with Gasteiger partial charge in [0, 0.05) is 12.5 Å². The van der Waals surface area contributed by atoms with Crippen LogP contribution in [0.5, 0.6) is 0 Å². The van der Waals surface area contributed by atoms with E-state index < -0.39 is 0 Å². The molecule has 1 aliphatic heterocycles. The summed E-state index contributed by atoms with van der Waals surface area (Å²) in [7, 11) is 0. The van der Waals surface area contributed by atoms with Crippen molar-refractivity contribution in [3.05, 3.63) is 29.6 Å². The Kier molecular flexibility index (Phi) is 2.12. The number of nitrogens with one attached hydrogen (secondary N) is 2. The van der Waals surface area contributed by atoms with Crippen LogP contribution < -0.4 is 5.32 Å². The zero-order chi connectivity index (χ0) is 11.0. The zero-order valence-corrected chi connectivity index (χ0v) is 8.83. The van der Waals surface area contributed by atoms with Gasteiger partial charge >= 0.3 is 0 Å². The summed E-state index contributed by atoms with van der Waals surface area (Å²) in [5.74, 6) is 1.52. The van der Waals surface area contributed by atoms with E-state index in [-0.39, 0.29) is 0 Å². The Balaban J connectivity index is 2.05. The number of hydrogen-bond donors (Lipinski definition) is 2. The lowest BCUT2D eigenvalue weighted by molar-refractivity contribution is 0.717. The van der Waals surface area contributed by atoms with Crippen LogP contribution in [-0.4, -0.2) is 23.1 Å². The van der Waals surface area contributed by atoms with Crippen LogP contribution in [0.25, 0.3) is 11.0 Å². The monoisotopic (exact) mass is 212 g/mol. The number of aromatic amines is 1. The fourth-order valence-corrected chi connectivity index (χ4v) is 2.18. The highest BCUT2D eigenvalue weighted by Crippen LogP contribution is 2.22. The van der Waals surface area contributed by atoms with E-state index in [1.807, 2.05) is 12.1 Å². The molecule has 1 aromatic heterocycles. The van der Waals surface area contributed by atoms with Crippen molar-refractivity contribution in [2.75, 3.05) is 13.1 Å². The molecule has 3 rings (SSSR count). The first-order chi connectivity index (χ1) is 7.86. The highest BCUT2D eigenvalue weighted by molar-refractivity contribution is 5.76. The first-order valence-electron chi connectivity index (χ1n) is 5.47. The Hall–Kier alpha value is -1.86. The fraction of sp³-hybridized carbons (Fsp3) is 0.333. The molecule has 0 spiro atoms. The van der Waals surface area contributed by atoms with Gasteiger partial charge in [-0.15, -0.1) is 0 Å². The normalized spacial score (nSPS) is 20.1. The van der Waals surface area contributed by atoms with E-state index in [0.717, 1.165) is 36.4 Å². The molecule has 4 heteroatoms. The van der Waals surface area contributed by atoms with E-state index in [0.29, 0.717) is 11.5 Å². The van der Waals surface area contributed by atoms with E-state index in [9.17, 15) is 0 Å². The van der Waals surface area contributed by atoms with Crippen LogP contribution in [0.15, 0.2) is 18.2 Å². The number of imidazole rings is 1. The molecule has 1 saturated heterocycles. The number of benzene rings is 1. The van der Waals surface area contributed by atoms with Gasteiger partial charge in [0.15, 0.2) is 0 Å². The summed E-state index contributed by atoms with van der Waals surface area (Å²) < 4.78 is 0. The van der Waals surface area contributed by atoms with Crippen molar-refractivity contribution in [1.82, 2.24) is 15.3 Å². The minimum Gasteiger partial charge on any atom is -0.342 e. The molecule has 2 heterocycles. The Bertz CT molecular complexity index is 558. The maximum absolute atomic E-state index is 8.82. The molecule has 0 unspecified atom stereocenters. The van der Waals surface area contributed by atoms with Gasteiger partial charge in [0.05, 0.1) is 22.7 Å². The molecule has 2 N–H and O–H groups in total. The number of nitrogens with zero attached hydrogens (tertiary/aromatic N) is 2. The minimum absolute atomic E-state index is 0.484. The Morgan fingerprint density at radius 1 is 1.44 bits per heavy atom. The molecule has 0 amide bonds. The molecule has 0 saturated carbocycles. The molecule has 4 nitrogen and oxygen atoms in total. The largest absolute Gasteiger partial charge is 0.342 e. The predicted molar refractivity (Wildman–Crippen MR) is 61.0 cm³/mol. The Morgan fingerprint density at radius 3 is 3.12 bits per heavy atom. The van der Waals surface area contributed by atoms with Crippen LogP contribution in [0.2, 0.25) is 0 Å². The number of rotatable bonds is 1. The molecule has 16 heavy (non-hydrogen) atoms. The lowest BCUT2D eigenvalue weighted by Gasteiger charge is -2.01. The van der Waals surface area contributed by atoms with Crippen LogP contribution in [0.3, 0.4) is 0 Å². The third-order valence-electron chi connectivity index (χ3n) is 3.08. The first-order valence-corrected chi connectivity index (χ1v) is 5.47. The second kappa shape index (κ2) is 3.62. The van der Waals surface area contributed by atoms with Gasteiger partial charge in [0.2, 0.25) is 0 Å². The van der Waals surface area contributed by atoms with Crippen LogP contribution in [0, 0.1) is 11.3 Å². The van der Waals surface area contributed by atoms with Gasteiger partial charge in [-0.1, -0.05) is 0 Å². The molecule has 1 atom stereocenters. The molecule has 1 fully saturated rings. The van der Waals surface area contributed by atoms with Crippen LogP contribution in [0.4, 0.5) is 0 Å². The number of hydrogen-bond acceptors (Lipinski definition) is 3. The average molecular weight is 212 g/mol. The van der Waals surface area contributed by atoms with Crippen molar-refractivity contribution < 1.29 is 0 Å². The topological polar surface area (TPSA) is 64.5 Å². The summed E-state index contributed by atoms with van der Waals surface area (Å²) in [6.07, 6.45) is 1.13. The highest BCUT2D eigenvalue weighted by Gasteiger charge is 2.19. The SMILES string of the molecule is N#Cc1ccc2nc([C@H]3CCNC3)[nH]c2c1. The van der Waals surface area contributed by atoms with E-state index in [1.54, 1.807) is 6.07 Å². The molecule has 0 bridgehead atoms. The molecular formula is C12H12N4. The number of aromatic nitrogens is 2. The standard InChI is InChI=1S/C12H12N4/c13-6-8-1-2-10-11(5-8)16-12(15-10)9-3-4-14-7-9/h1-2,5,9,14H,3-4,7H2,(H,15,16)/t9-/m0/s1. The summed E-state index contributed by atoms with van der Waals surface area (Å²) >= 11 is 0. The lowest BCUT2D eigenvalue weighted by atomic mass is 10.1. The summed E-state index contributed by atoms with van der Waals surface area (Å²) in [5.41, 5.74) is 2.58. The van der Waals surface area contributed by atoms with Gasteiger partial charge in [-0.2, -0.15) is 5.26 Å². The Labute approximate surface area is 93.3 Å². The maximum atomic E-state index is 8.82. The van der Waals surface area contributed by atoms with Crippen LogP contribution in [0.1, 0.15) is 23.7 Å². The summed E-state index contributed by atoms with van der Waals surface area (Å²) in [5, 5.41) is 12.1. The molecular weight excluding hydrogens is 200 g/mol. The molecule has 80 valence electrons. The average Bonchev–Trinajstić information content (AvgIpc) is 2.96. The number of fused-ring (bicyclic) bond motifs is 1. The summed E-state index contributed by atoms with van der Waals surface area (Å²) in [6, 6.07) is 7.70. The first kappa shape index (κ1) is 9.37. The number of H-pyrrole nitrogens is 1. The van der Waals surface area contributed by atoms with Crippen molar-refractivity contribution in [1.29, 1.82) is 5.26 Å². The molecule has 0 radical (unpaired) electrons. The number of nitriles is 1. The quantitative estimate of drug-likeness (QED) is 0.753. The third-order valence-corrected chi connectivity index (χ3v) is 3.08. The van der Waals surface area contributed by atoms with E-state index in [2.05, 4.69) is 21.4 Å². The lowest BCUT2D eigenvalue weighted by Crippen LogP contribution is -2.08. The van der Waals surface area contributed by atoms with Crippen molar-refractivity contribution in [2.45, 2.75) is 12.3 Å². The van der Waals surface area contributed by atoms with Gasteiger partial charge in [0.25, 0.3) is 0 Å². The van der Waals surface area contributed by atoms with Gasteiger partial charge < -0.3 is 10.3 Å². The summed E-state index contributed by atoms with van der Waals surface area (Å²) in [4.78, 5) is 7.88. The molecule has 1 aromatic carbocycles.